The van der Waals surface area contributed by atoms with Gasteiger partial charge in [0.2, 0.25) is 0 Å². The van der Waals surface area contributed by atoms with Gasteiger partial charge in [0.25, 0.3) is 5.91 Å². The minimum atomic E-state index is -0.600. The van der Waals surface area contributed by atoms with Crippen molar-refractivity contribution in [2.24, 2.45) is 0 Å². The highest BCUT2D eigenvalue weighted by Gasteiger charge is 2.15. The summed E-state index contributed by atoms with van der Waals surface area (Å²) < 4.78 is 24.0. The minimum Gasteiger partial charge on any atom is -0.493 e. The predicted octanol–water partition coefficient (Wildman–Crippen LogP) is 4.17. The lowest BCUT2D eigenvalue weighted by molar-refractivity contribution is -0.112. The first-order chi connectivity index (χ1) is 12.4. The van der Waals surface area contributed by atoms with E-state index in [1.54, 1.807) is 18.2 Å². The molecule has 6 heteroatoms. The second kappa shape index (κ2) is 8.67. The van der Waals surface area contributed by atoms with Crippen molar-refractivity contribution < 1.29 is 18.7 Å². The van der Waals surface area contributed by atoms with Crippen LogP contribution in [0, 0.1) is 17.1 Å². The summed E-state index contributed by atoms with van der Waals surface area (Å²) >= 11 is 0. The largest absolute Gasteiger partial charge is 0.493 e. The van der Waals surface area contributed by atoms with Gasteiger partial charge in [-0.2, -0.15) is 5.26 Å². The van der Waals surface area contributed by atoms with Crippen molar-refractivity contribution in [3.05, 3.63) is 59.4 Å². The van der Waals surface area contributed by atoms with Gasteiger partial charge in [-0.15, -0.1) is 0 Å². The van der Waals surface area contributed by atoms with Gasteiger partial charge in [0, 0.05) is 11.3 Å². The molecule has 0 aliphatic rings. The first kappa shape index (κ1) is 19.0. The van der Waals surface area contributed by atoms with Crippen LogP contribution in [0.4, 0.5) is 10.1 Å². The Labute approximate surface area is 151 Å². The lowest BCUT2D eigenvalue weighted by Gasteiger charge is -2.16. The third-order valence-electron chi connectivity index (χ3n) is 3.35. The number of halogens is 1. The van der Waals surface area contributed by atoms with Crippen molar-refractivity contribution >= 4 is 17.7 Å². The van der Waals surface area contributed by atoms with Crippen LogP contribution in [0.5, 0.6) is 11.5 Å². The van der Waals surface area contributed by atoms with Gasteiger partial charge in [0.1, 0.15) is 17.5 Å². The third kappa shape index (κ3) is 4.84. The van der Waals surface area contributed by atoms with Crippen molar-refractivity contribution in [2.45, 2.75) is 20.0 Å². The van der Waals surface area contributed by atoms with Crippen LogP contribution in [0.15, 0.2) is 48.0 Å². The van der Waals surface area contributed by atoms with Gasteiger partial charge >= 0.3 is 0 Å². The van der Waals surface area contributed by atoms with Crippen LogP contribution < -0.4 is 14.8 Å². The molecule has 0 spiro atoms. The molecule has 134 valence electrons. The molecule has 0 aromatic heterocycles. The summed E-state index contributed by atoms with van der Waals surface area (Å²) in [6.07, 6.45) is 1.32. The number of methoxy groups -OCH3 is 1. The molecule has 0 fully saturated rings. The number of ether oxygens (including phenoxy) is 2. The van der Waals surface area contributed by atoms with E-state index < -0.39 is 11.7 Å². The van der Waals surface area contributed by atoms with Gasteiger partial charge in [-0.1, -0.05) is 12.1 Å². The van der Waals surface area contributed by atoms with Crippen molar-refractivity contribution in [1.29, 1.82) is 5.26 Å². The topological polar surface area (TPSA) is 71.3 Å². The molecule has 0 saturated carbocycles. The summed E-state index contributed by atoms with van der Waals surface area (Å²) in [5.41, 5.74) is 0.821. The number of nitrogens with one attached hydrogen (secondary N) is 1. The number of nitriles is 1. The van der Waals surface area contributed by atoms with Crippen LogP contribution in [0.3, 0.4) is 0 Å². The van der Waals surface area contributed by atoms with E-state index in [9.17, 15) is 14.4 Å². The molecule has 0 aliphatic carbocycles. The van der Waals surface area contributed by atoms with E-state index in [4.69, 9.17) is 9.47 Å². The van der Waals surface area contributed by atoms with Gasteiger partial charge in [0.05, 0.1) is 13.2 Å². The van der Waals surface area contributed by atoms with Crippen LogP contribution in [-0.4, -0.2) is 19.1 Å². The second-order valence-electron chi connectivity index (χ2n) is 5.68. The van der Waals surface area contributed by atoms with Gasteiger partial charge in [-0.25, -0.2) is 4.39 Å². The number of rotatable bonds is 6. The summed E-state index contributed by atoms with van der Waals surface area (Å²) in [7, 11) is 1.52. The molecule has 2 rings (SSSR count). The number of benzene rings is 2. The first-order valence-corrected chi connectivity index (χ1v) is 7.97. The third-order valence-corrected chi connectivity index (χ3v) is 3.35. The van der Waals surface area contributed by atoms with Crippen LogP contribution in [0.2, 0.25) is 0 Å². The van der Waals surface area contributed by atoms with Gasteiger partial charge < -0.3 is 14.8 Å². The van der Waals surface area contributed by atoms with Gasteiger partial charge in [0.15, 0.2) is 11.5 Å². The lowest BCUT2D eigenvalue weighted by atomic mass is 10.1. The van der Waals surface area contributed by atoms with Gasteiger partial charge in [-0.05, 0) is 50.3 Å². The Kier molecular flexibility index (Phi) is 6.34. The Bertz CT molecular complexity index is 852. The highest BCUT2D eigenvalue weighted by atomic mass is 19.1. The fraction of sp³-hybridized carbons (Fsp3) is 0.200. The molecule has 26 heavy (non-hydrogen) atoms. The fourth-order valence-electron chi connectivity index (χ4n) is 2.20. The highest BCUT2D eigenvalue weighted by Crippen LogP contribution is 2.33. The maximum Gasteiger partial charge on any atom is 0.266 e. The molecule has 0 atom stereocenters. The van der Waals surface area contributed by atoms with E-state index in [1.807, 2.05) is 19.9 Å². The summed E-state index contributed by atoms with van der Waals surface area (Å²) in [5.74, 6) is -0.0562. The quantitative estimate of drug-likeness (QED) is 0.624. The second-order valence-corrected chi connectivity index (χ2v) is 5.68. The number of carbonyl (C=O) groups excluding carboxylic acids is 1. The van der Waals surface area contributed by atoms with Crippen molar-refractivity contribution in [1.82, 2.24) is 0 Å². The van der Waals surface area contributed by atoms with Crippen molar-refractivity contribution in [3.63, 3.8) is 0 Å². The summed E-state index contributed by atoms with van der Waals surface area (Å²) in [6, 6.07) is 12.4. The fourth-order valence-corrected chi connectivity index (χ4v) is 2.20. The molecular formula is C20H19FN2O3. The monoisotopic (exact) mass is 354 g/mol. The predicted molar refractivity (Wildman–Crippen MR) is 97.4 cm³/mol. The van der Waals surface area contributed by atoms with Crippen molar-refractivity contribution in [2.75, 3.05) is 12.4 Å². The van der Waals surface area contributed by atoms with Gasteiger partial charge in [-0.3, -0.25) is 4.79 Å². The summed E-state index contributed by atoms with van der Waals surface area (Å²) in [4.78, 5) is 12.4. The van der Waals surface area contributed by atoms with E-state index in [1.165, 1.54) is 37.5 Å². The zero-order chi connectivity index (χ0) is 19.1. The Hall–Kier alpha value is -3.33. The Morgan fingerprint density at radius 3 is 2.50 bits per heavy atom. The molecule has 0 aliphatic heterocycles. The normalized spacial score (nSPS) is 11.0. The number of anilines is 1. The van der Waals surface area contributed by atoms with Crippen molar-refractivity contribution in [3.8, 4) is 17.6 Å². The molecule has 1 amide bonds. The maximum absolute atomic E-state index is 13.0. The molecule has 2 aromatic rings. The molecule has 2 aromatic carbocycles. The summed E-state index contributed by atoms with van der Waals surface area (Å²) in [6.45, 7) is 3.73. The molecule has 0 bridgehead atoms. The Balaban J connectivity index is 2.34. The SMILES string of the molecule is COc1cccc(/C=C(/C#N)C(=O)Nc2ccc(F)cc2)c1OC(C)C. The molecule has 0 heterocycles. The van der Waals surface area contributed by atoms with E-state index in [2.05, 4.69) is 5.32 Å². The number of hydrogen-bond donors (Lipinski definition) is 1. The molecule has 0 saturated heterocycles. The molecule has 5 nitrogen and oxygen atoms in total. The number of carbonyl (C=O) groups is 1. The Morgan fingerprint density at radius 1 is 1.23 bits per heavy atom. The minimum absolute atomic E-state index is 0.114. The number of hydrogen-bond acceptors (Lipinski definition) is 4. The lowest BCUT2D eigenvalue weighted by Crippen LogP contribution is -2.13. The van der Waals surface area contributed by atoms with Crippen LogP contribution >= 0.6 is 0 Å². The first-order valence-electron chi connectivity index (χ1n) is 7.97. The zero-order valence-corrected chi connectivity index (χ0v) is 14.7. The highest BCUT2D eigenvalue weighted by molar-refractivity contribution is 6.09. The molecule has 0 unspecified atom stereocenters. The smallest absolute Gasteiger partial charge is 0.266 e. The zero-order valence-electron chi connectivity index (χ0n) is 14.7. The van der Waals surface area contributed by atoms with Crippen LogP contribution in [0.1, 0.15) is 19.4 Å². The van der Waals surface area contributed by atoms with E-state index >= 15 is 0 Å². The molecule has 1 N–H and O–H groups in total. The van der Waals surface area contributed by atoms with E-state index in [0.717, 1.165) is 0 Å². The number of para-hydroxylation sites is 1. The average Bonchev–Trinajstić information content (AvgIpc) is 2.62. The standard InChI is InChI=1S/C20H19FN2O3/c1-13(2)26-19-14(5-4-6-18(19)25-3)11-15(12-22)20(24)23-17-9-7-16(21)8-10-17/h4-11,13H,1-3H3,(H,23,24)/b15-11-. The molecule has 0 radical (unpaired) electrons. The number of nitrogens with zero attached hydrogens (tertiary/aromatic N) is 1. The summed E-state index contributed by atoms with van der Waals surface area (Å²) in [5, 5.41) is 11.9. The Morgan fingerprint density at radius 2 is 1.92 bits per heavy atom. The van der Waals surface area contributed by atoms with E-state index in [0.29, 0.717) is 22.7 Å². The van der Waals surface area contributed by atoms with Crippen LogP contribution in [0.25, 0.3) is 6.08 Å². The van der Waals surface area contributed by atoms with Crippen LogP contribution in [-0.2, 0) is 4.79 Å². The average molecular weight is 354 g/mol. The maximum atomic E-state index is 13.0. The number of amides is 1. The molecular weight excluding hydrogens is 335 g/mol. The van der Waals surface area contributed by atoms with E-state index in [-0.39, 0.29) is 11.7 Å².